The van der Waals surface area contributed by atoms with Crippen molar-refractivity contribution in [2.45, 2.75) is 44.8 Å². The maximum absolute atomic E-state index is 13.1. The summed E-state index contributed by atoms with van der Waals surface area (Å²) in [5.74, 6) is 0.885. The minimum Gasteiger partial charge on any atom is -0.355 e. The number of nitriles is 1. The van der Waals surface area contributed by atoms with Gasteiger partial charge in [-0.3, -0.25) is 9.69 Å². The number of aromatic nitrogens is 1. The van der Waals surface area contributed by atoms with E-state index in [0.29, 0.717) is 5.56 Å². The predicted molar refractivity (Wildman–Crippen MR) is 112 cm³/mol. The van der Waals surface area contributed by atoms with E-state index in [2.05, 4.69) is 57.4 Å². The first-order chi connectivity index (χ1) is 14.2. The number of nitrogens with one attached hydrogen (secondary N) is 1. The highest BCUT2D eigenvalue weighted by Crippen LogP contribution is 2.24. The Morgan fingerprint density at radius 2 is 1.97 bits per heavy atom. The van der Waals surface area contributed by atoms with Crippen LogP contribution in [0.15, 0.2) is 42.6 Å². The van der Waals surface area contributed by atoms with Crippen LogP contribution in [0.4, 0.5) is 5.82 Å². The molecule has 1 unspecified atom stereocenters. The molecule has 4 rings (SSSR count). The summed E-state index contributed by atoms with van der Waals surface area (Å²) >= 11 is 0. The molecule has 0 radical (unpaired) electrons. The van der Waals surface area contributed by atoms with Gasteiger partial charge in [0, 0.05) is 31.9 Å². The number of amides is 1. The third-order valence-corrected chi connectivity index (χ3v) is 6.10. The predicted octanol–water partition coefficient (Wildman–Crippen LogP) is 2.49. The molecular weight excluding hydrogens is 362 g/mol. The lowest BCUT2D eigenvalue weighted by Crippen LogP contribution is -2.54. The topological polar surface area (TPSA) is 72.3 Å². The molecule has 6 heteroatoms. The largest absolute Gasteiger partial charge is 0.355 e. The van der Waals surface area contributed by atoms with Crippen LogP contribution in [0.3, 0.4) is 0 Å². The van der Waals surface area contributed by atoms with Crippen molar-refractivity contribution in [3.8, 4) is 6.07 Å². The van der Waals surface area contributed by atoms with Gasteiger partial charge in [-0.25, -0.2) is 4.98 Å². The van der Waals surface area contributed by atoms with Crippen LogP contribution in [-0.4, -0.2) is 47.5 Å². The van der Waals surface area contributed by atoms with Crippen molar-refractivity contribution < 1.29 is 4.79 Å². The van der Waals surface area contributed by atoms with Crippen molar-refractivity contribution in [3.05, 3.63) is 59.3 Å². The zero-order valence-corrected chi connectivity index (χ0v) is 16.8. The Morgan fingerprint density at radius 1 is 1.21 bits per heavy atom. The highest BCUT2D eigenvalue weighted by molar-refractivity contribution is 5.82. The molecule has 3 heterocycles. The molecule has 2 aliphatic heterocycles. The number of fused-ring (bicyclic) bond motifs is 1. The molecule has 1 aromatic carbocycles. The number of carbonyl (C=O) groups excluding carboxylic acids is 1. The van der Waals surface area contributed by atoms with Crippen molar-refractivity contribution in [3.63, 3.8) is 0 Å². The van der Waals surface area contributed by atoms with Crippen molar-refractivity contribution in [1.82, 2.24) is 15.2 Å². The quantitative estimate of drug-likeness (QED) is 0.870. The van der Waals surface area contributed by atoms with Crippen LogP contribution >= 0.6 is 0 Å². The smallest absolute Gasteiger partial charge is 0.237 e. The number of piperidine rings is 1. The summed E-state index contributed by atoms with van der Waals surface area (Å²) in [6.45, 7) is 5.40. The summed E-state index contributed by atoms with van der Waals surface area (Å²) in [5, 5.41) is 12.6. The minimum absolute atomic E-state index is 0.103. The molecule has 2 aliphatic rings. The first-order valence-electron chi connectivity index (χ1n) is 10.4. The standard InChI is InChI=1S/C23H27N5O/c1-2-27-16-19-7-4-3-6-17(19)14-21(27)23(29)26-20-9-12-28(13-10-20)22-18(15-24)8-5-11-25-22/h3-8,11,20-21H,2,9-10,12-14,16H2,1H3,(H,26,29). The molecule has 1 N–H and O–H groups in total. The highest BCUT2D eigenvalue weighted by Gasteiger charge is 2.32. The fourth-order valence-electron chi connectivity index (χ4n) is 4.44. The molecule has 1 fully saturated rings. The molecule has 1 atom stereocenters. The molecule has 150 valence electrons. The number of hydrogen-bond donors (Lipinski definition) is 1. The SMILES string of the molecule is CCN1Cc2ccccc2CC1C(=O)NC1CCN(c2ncccc2C#N)CC1. The monoisotopic (exact) mass is 389 g/mol. The van der Waals surface area contributed by atoms with Crippen LogP contribution in [0.2, 0.25) is 0 Å². The van der Waals surface area contributed by atoms with Crippen LogP contribution in [0.5, 0.6) is 0 Å². The van der Waals surface area contributed by atoms with Crippen LogP contribution in [-0.2, 0) is 17.8 Å². The molecule has 29 heavy (non-hydrogen) atoms. The zero-order valence-electron chi connectivity index (χ0n) is 16.8. The fraction of sp³-hybridized carbons (Fsp3) is 0.435. The second kappa shape index (κ2) is 8.62. The van der Waals surface area contributed by atoms with Gasteiger partial charge in [-0.05, 0) is 49.1 Å². The Morgan fingerprint density at radius 3 is 2.69 bits per heavy atom. The summed E-state index contributed by atoms with van der Waals surface area (Å²) in [6.07, 6.45) is 4.23. The van der Waals surface area contributed by atoms with E-state index < -0.39 is 0 Å². The van der Waals surface area contributed by atoms with E-state index in [4.69, 9.17) is 0 Å². The van der Waals surface area contributed by atoms with Crippen LogP contribution in [0.1, 0.15) is 36.5 Å². The Bertz CT molecular complexity index is 913. The van der Waals surface area contributed by atoms with Gasteiger partial charge in [-0.2, -0.15) is 5.26 Å². The van der Waals surface area contributed by atoms with Crippen molar-refractivity contribution in [2.75, 3.05) is 24.5 Å². The van der Waals surface area contributed by atoms with Gasteiger partial charge < -0.3 is 10.2 Å². The highest BCUT2D eigenvalue weighted by atomic mass is 16.2. The molecule has 2 aromatic rings. The number of hydrogen-bond acceptors (Lipinski definition) is 5. The van der Waals surface area contributed by atoms with Crippen molar-refractivity contribution in [1.29, 1.82) is 5.26 Å². The maximum atomic E-state index is 13.1. The lowest BCUT2D eigenvalue weighted by Gasteiger charge is -2.38. The number of likely N-dealkylation sites (N-methyl/N-ethyl adjacent to an activating group) is 1. The van der Waals surface area contributed by atoms with Gasteiger partial charge in [0.15, 0.2) is 0 Å². The average Bonchev–Trinajstić information content (AvgIpc) is 2.78. The third-order valence-electron chi connectivity index (χ3n) is 6.10. The van der Waals surface area contributed by atoms with E-state index >= 15 is 0 Å². The molecule has 0 bridgehead atoms. The van der Waals surface area contributed by atoms with Gasteiger partial charge in [-0.1, -0.05) is 31.2 Å². The van der Waals surface area contributed by atoms with Crippen molar-refractivity contribution >= 4 is 11.7 Å². The van der Waals surface area contributed by atoms with Crippen molar-refractivity contribution in [2.24, 2.45) is 0 Å². The van der Waals surface area contributed by atoms with E-state index in [-0.39, 0.29) is 18.0 Å². The molecule has 0 aliphatic carbocycles. The van der Waals surface area contributed by atoms with Gasteiger partial charge in [-0.15, -0.1) is 0 Å². The molecular formula is C23H27N5O. The van der Waals surface area contributed by atoms with E-state index in [1.54, 1.807) is 18.3 Å². The molecule has 1 saturated heterocycles. The normalized spacial score (nSPS) is 20.0. The number of carbonyl (C=O) groups is 1. The van der Waals surface area contributed by atoms with Crippen LogP contribution in [0.25, 0.3) is 0 Å². The Labute approximate surface area is 172 Å². The third kappa shape index (κ3) is 4.10. The fourth-order valence-corrected chi connectivity index (χ4v) is 4.44. The lowest BCUT2D eigenvalue weighted by atomic mass is 9.93. The number of rotatable bonds is 4. The number of nitrogens with zero attached hydrogens (tertiary/aromatic N) is 4. The number of pyridine rings is 1. The number of anilines is 1. The molecule has 0 saturated carbocycles. The Balaban J connectivity index is 1.37. The summed E-state index contributed by atoms with van der Waals surface area (Å²) < 4.78 is 0. The van der Waals surface area contributed by atoms with E-state index in [1.807, 2.05) is 0 Å². The van der Waals surface area contributed by atoms with Gasteiger partial charge in [0.05, 0.1) is 11.6 Å². The second-order valence-corrected chi connectivity index (χ2v) is 7.81. The van der Waals surface area contributed by atoms with Gasteiger partial charge in [0.2, 0.25) is 5.91 Å². The summed E-state index contributed by atoms with van der Waals surface area (Å²) in [4.78, 5) is 21.9. The van der Waals surface area contributed by atoms with Gasteiger partial charge in [0.25, 0.3) is 0 Å². The maximum Gasteiger partial charge on any atom is 0.237 e. The first kappa shape index (κ1) is 19.4. The van der Waals surface area contributed by atoms with E-state index in [1.165, 1.54) is 11.1 Å². The molecule has 6 nitrogen and oxygen atoms in total. The van der Waals surface area contributed by atoms with Gasteiger partial charge >= 0.3 is 0 Å². The zero-order chi connectivity index (χ0) is 20.2. The molecule has 1 aromatic heterocycles. The Kier molecular flexibility index (Phi) is 5.77. The Hall–Kier alpha value is -2.91. The number of benzene rings is 1. The minimum atomic E-state index is -0.103. The summed E-state index contributed by atoms with van der Waals surface area (Å²) in [5.41, 5.74) is 3.22. The molecule has 1 amide bonds. The lowest BCUT2D eigenvalue weighted by molar-refractivity contribution is -0.127. The average molecular weight is 390 g/mol. The summed E-state index contributed by atoms with van der Waals surface area (Å²) in [6, 6.07) is 14.3. The van der Waals surface area contributed by atoms with E-state index in [0.717, 1.165) is 51.3 Å². The van der Waals surface area contributed by atoms with E-state index in [9.17, 15) is 10.1 Å². The van der Waals surface area contributed by atoms with Crippen LogP contribution in [0, 0.1) is 11.3 Å². The summed E-state index contributed by atoms with van der Waals surface area (Å²) in [7, 11) is 0. The van der Waals surface area contributed by atoms with Crippen LogP contribution < -0.4 is 10.2 Å². The molecule has 0 spiro atoms. The second-order valence-electron chi connectivity index (χ2n) is 7.81. The first-order valence-corrected chi connectivity index (χ1v) is 10.4. The van der Waals surface area contributed by atoms with Gasteiger partial charge in [0.1, 0.15) is 11.9 Å².